The van der Waals surface area contributed by atoms with Gasteiger partial charge in [0.05, 0.1) is 16.1 Å². The summed E-state index contributed by atoms with van der Waals surface area (Å²) in [4.78, 5) is 12.5. The summed E-state index contributed by atoms with van der Waals surface area (Å²) >= 11 is 11.7. The summed E-state index contributed by atoms with van der Waals surface area (Å²) < 4.78 is 40.5. The average molecular weight is 444 g/mol. The second kappa shape index (κ2) is 8.57. The number of rotatable bonds is 5. The Kier molecular flexibility index (Phi) is 6.34. The Bertz CT molecular complexity index is 993. The largest absolute Gasteiger partial charge is 0.271 e. The third-order valence-electron chi connectivity index (χ3n) is 4.29. The monoisotopic (exact) mass is 443 g/mol. The minimum Gasteiger partial charge on any atom is -0.271 e. The van der Waals surface area contributed by atoms with Gasteiger partial charge in [-0.25, -0.2) is 18.2 Å². The number of hydrazone groups is 1. The zero-order valence-electron chi connectivity index (χ0n) is 14.5. The van der Waals surface area contributed by atoms with E-state index < -0.39 is 27.8 Å². The standard InChI is InChI=1S/C18H16Cl2FN3O3S/c19-12-6-8-13(9-7-12)28(26,27)24-10-2-5-17(24)18(25)23-22-11-14-15(20)3-1-4-16(14)21/h1,3-4,6-9,11,17H,2,5,10H2,(H,23,25)/b22-11-/t17-/m1/s1. The van der Waals surface area contributed by atoms with E-state index >= 15 is 0 Å². The molecule has 0 unspecified atom stereocenters. The van der Waals surface area contributed by atoms with Gasteiger partial charge in [-0.15, -0.1) is 0 Å². The van der Waals surface area contributed by atoms with Gasteiger partial charge in [0.1, 0.15) is 11.9 Å². The van der Waals surface area contributed by atoms with Gasteiger partial charge in [-0.2, -0.15) is 9.41 Å². The normalized spacial score (nSPS) is 17.9. The van der Waals surface area contributed by atoms with E-state index in [0.717, 1.165) is 10.5 Å². The number of hydrogen-bond acceptors (Lipinski definition) is 4. The Morgan fingerprint density at radius 2 is 1.93 bits per heavy atom. The van der Waals surface area contributed by atoms with Crippen molar-refractivity contribution in [1.29, 1.82) is 0 Å². The van der Waals surface area contributed by atoms with E-state index in [0.29, 0.717) is 17.9 Å². The number of halogens is 3. The summed E-state index contributed by atoms with van der Waals surface area (Å²) in [7, 11) is -3.86. The van der Waals surface area contributed by atoms with Crippen LogP contribution in [0.2, 0.25) is 10.0 Å². The molecule has 3 rings (SSSR count). The molecule has 0 radical (unpaired) electrons. The molecule has 6 nitrogen and oxygen atoms in total. The second-order valence-corrected chi connectivity index (χ2v) is 8.83. The highest BCUT2D eigenvalue weighted by molar-refractivity contribution is 7.89. The van der Waals surface area contributed by atoms with Gasteiger partial charge in [-0.3, -0.25) is 4.79 Å². The summed E-state index contributed by atoms with van der Waals surface area (Å²) in [6.07, 6.45) is 1.98. The maximum absolute atomic E-state index is 13.7. The molecule has 1 fully saturated rings. The number of hydrogen-bond donors (Lipinski definition) is 1. The molecule has 1 heterocycles. The smallest absolute Gasteiger partial charge is 0.258 e. The van der Waals surface area contributed by atoms with E-state index in [1.54, 1.807) is 0 Å². The average Bonchev–Trinajstić information content (AvgIpc) is 3.15. The number of amides is 1. The van der Waals surface area contributed by atoms with Crippen LogP contribution in [0, 0.1) is 5.82 Å². The molecule has 0 bridgehead atoms. The SMILES string of the molecule is O=C(N/N=C\c1c(F)cccc1Cl)[C@H]1CCCN1S(=O)(=O)c1ccc(Cl)cc1. The Morgan fingerprint density at radius 3 is 2.61 bits per heavy atom. The molecule has 0 aromatic heterocycles. The van der Waals surface area contributed by atoms with E-state index in [1.807, 2.05) is 0 Å². The molecule has 1 atom stereocenters. The molecule has 1 N–H and O–H groups in total. The van der Waals surface area contributed by atoms with Crippen LogP contribution >= 0.6 is 23.2 Å². The van der Waals surface area contributed by atoms with Gasteiger partial charge in [0, 0.05) is 17.1 Å². The van der Waals surface area contributed by atoms with Gasteiger partial charge < -0.3 is 0 Å². The fourth-order valence-electron chi connectivity index (χ4n) is 2.90. The van der Waals surface area contributed by atoms with Crippen LogP contribution in [-0.2, 0) is 14.8 Å². The molecule has 0 saturated carbocycles. The molecular weight excluding hydrogens is 428 g/mol. The lowest BCUT2D eigenvalue weighted by atomic mass is 10.2. The molecule has 1 saturated heterocycles. The van der Waals surface area contributed by atoms with Crippen molar-refractivity contribution in [2.75, 3.05) is 6.54 Å². The summed E-state index contributed by atoms with van der Waals surface area (Å²) in [5, 5.41) is 4.28. The molecule has 2 aromatic rings. The molecular formula is C18H16Cl2FN3O3S. The van der Waals surface area contributed by atoms with Crippen molar-refractivity contribution in [3.8, 4) is 0 Å². The summed E-state index contributed by atoms with van der Waals surface area (Å²) in [6.45, 7) is 0.214. The van der Waals surface area contributed by atoms with Crippen LogP contribution in [0.15, 0.2) is 52.5 Å². The predicted octanol–water partition coefficient (Wildman–Crippen LogP) is 3.44. The van der Waals surface area contributed by atoms with Gasteiger partial charge in [0.2, 0.25) is 10.0 Å². The van der Waals surface area contributed by atoms with Gasteiger partial charge in [0.25, 0.3) is 5.91 Å². The first-order valence-corrected chi connectivity index (χ1v) is 10.5. The Labute approximate surface area is 172 Å². The molecule has 28 heavy (non-hydrogen) atoms. The molecule has 1 aliphatic heterocycles. The first-order chi connectivity index (χ1) is 13.3. The van der Waals surface area contributed by atoms with E-state index in [9.17, 15) is 17.6 Å². The molecule has 10 heteroatoms. The number of carbonyl (C=O) groups excluding carboxylic acids is 1. The van der Waals surface area contributed by atoms with Crippen LogP contribution in [0.4, 0.5) is 4.39 Å². The lowest BCUT2D eigenvalue weighted by Crippen LogP contribution is -2.44. The summed E-state index contributed by atoms with van der Waals surface area (Å²) in [6, 6.07) is 8.98. The summed E-state index contributed by atoms with van der Waals surface area (Å²) in [5.74, 6) is -1.18. The molecule has 0 spiro atoms. The van der Waals surface area contributed by atoms with Crippen molar-refractivity contribution in [3.05, 3.63) is 63.9 Å². The van der Waals surface area contributed by atoms with Crippen LogP contribution in [0.25, 0.3) is 0 Å². The fraction of sp³-hybridized carbons (Fsp3) is 0.222. The molecule has 2 aromatic carbocycles. The lowest BCUT2D eigenvalue weighted by Gasteiger charge is -2.22. The van der Waals surface area contributed by atoms with Crippen molar-refractivity contribution in [2.45, 2.75) is 23.8 Å². The Morgan fingerprint density at radius 1 is 1.21 bits per heavy atom. The highest BCUT2D eigenvalue weighted by atomic mass is 35.5. The van der Waals surface area contributed by atoms with Crippen molar-refractivity contribution >= 4 is 45.3 Å². The van der Waals surface area contributed by atoms with Gasteiger partial charge >= 0.3 is 0 Å². The zero-order valence-corrected chi connectivity index (χ0v) is 16.8. The minimum absolute atomic E-state index is 0.0292. The van der Waals surface area contributed by atoms with Crippen LogP contribution in [-0.4, -0.2) is 37.4 Å². The Hall–Kier alpha value is -2.00. The number of nitrogens with zero attached hydrogens (tertiary/aromatic N) is 2. The third kappa shape index (κ3) is 4.35. The number of sulfonamides is 1. The minimum atomic E-state index is -3.86. The maximum Gasteiger partial charge on any atom is 0.258 e. The third-order valence-corrected chi connectivity index (χ3v) is 6.80. The van der Waals surface area contributed by atoms with E-state index in [-0.39, 0.29) is 22.0 Å². The quantitative estimate of drug-likeness (QED) is 0.567. The van der Waals surface area contributed by atoms with Crippen LogP contribution in [0.1, 0.15) is 18.4 Å². The van der Waals surface area contributed by atoms with Crippen molar-refractivity contribution in [1.82, 2.24) is 9.73 Å². The van der Waals surface area contributed by atoms with Crippen LogP contribution in [0.3, 0.4) is 0 Å². The fourth-order valence-corrected chi connectivity index (χ4v) is 4.90. The van der Waals surface area contributed by atoms with E-state index in [2.05, 4.69) is 10.5 Å². The Balaban J connectivity index is 1.74. The first kappa shape index (κ1) is 20.7. The maximum atomic E-state index is 13.7. The summed E-state index contributed by atoms with van der Waals surface area (Å²) in [5.41, 5.74) is 2.30. The topological polar surface area (TPSA) is 78.8 Å². The first-order valence-electron chi connectivity index (χ1n) is 8.35. The number of nitrogens with one attached hydrogen (secondary N) is 1. The lowest BCUT2D eigenvalue weighted by molar-refractivity contribution is -0.124. The van der Waals surface area contributed by atoms with E-state index in [4.69, 9.17) is 23.2 Å². The van der Waals surface area contributed by atoms with Crippen molar-refractivity contribution < 1.29 is 17.6 Å². The van der Waals surface area contributed by atoms with Crippen LogP contribution < -0.4 is 5.43 Å². The van der Waals surface area contributed by atoms with Crippen molar-refractivity contribution in [3.63, 3.8) is 0 Å². The molecule has 0 aliphatic carbocycles. The number of benzene rings is 2. The predicted molar refractivity (Wildman–Crippen MR) is 106 cm³/mol. The highest BCUT2D eigenvalue weighted by Gasteiger charge is 2.39. The molecule has 148 valence electrons. The number of carbonyl (C=O) groups is 1. The van der Waals surface area contributed by atoms with Gasteiger partial charge in [-0.05, 0) is 49.2 Å². The highest BCUT2D eigenvalue weighted by Crippen LogP contribution is 2.27. The van der Waals surface area contributed by atoms with Crippen LogP contribution in [0.5, 0.6) is 0 Å². The van der Waals surface area contributed by atoms with Crippen molar-refractivity contribution in [2.24, 2.45) is 5.10 Å². The second-order valence-electron chi connectivity index (χ2n) is 6.10. The molecule has 1 amide bonds. The zero-order chi connectivity index (χ0) is 20.3. The van der Waals surface area contributed by atoms with Gasteiger partial charge in [0.15, 0.2) is 0 Å². The van der Waals surface area contributed by atoms with E-state index in [1.165, 1.54) is 42.5 Å². The van der Waals surface area contributed by atoms with Gasteiger partial charge in [-0.1, -0.05) is 29.3 Å². The molecule has 1 aliphatic rings.